The second-order valence-corrected chi connectivity index (χ2v) is 7.22. The molecule has 2 saturated heterocycles. The summed E-state index contributed by atoms with van der Waals surface area (Å²) in [7, 11) is 0. The number of fused-ring (bicyclic) bond motifs is 1. The van der Waals surface area contributed by atoms with Gasteiger partial charge in [-0.05, 0) is 49.1 Å². The van der Waals surface area contributed by atoms with E-state index in [1.54, 1.807) is 0 Å². The predicted octanol–water partition coefficient (Wildman–Crippen LogP) is 2.96. The third kappa shape index (κ3) is 3.83. The fourth-order valence-corrected chi connectivity index (χ4v) is 4.29. The first kappa shape index (κ1) is 16.5. The molecular formula is C20H26N4O. The molecule has 0 spiro atoms. The van der Waals surface area contributed by atoms with Crippen LogP contribution in [0, 0.1) is 5.41 Å². The van der Waals surface area contributed by atoms with Gasteiger partial charge in [0.1, 0.15) is 5.82 Å². The van der Waals surface area contributed by atoms with Gasteiger partial charge in [-0.2, -0.15) is 0 Å². The van der Waals surface area contributed by atoms with E-state index in [2.05, 4.69) is 32.3 Å². The highest BCUT2D eigenvalue weighted by atomic mass is 16.5. The lowest BCUT2D eigenvalue weighted by Gasteiger charge is -2.44. The molecule has 0 bridgehead atoms. The first-order valence-electron chi connectivity index (χ1n) is 9.22. The van der Waals surface area contributed by atoms with E-state index >= 15 is 0 Å². The number of ether oxygens (including phenoxy) is 1. The second kappa shape index (κ2) is 7.50. The fourth-order valence-electron chi connectivity index (χ4n) is 4.29. The number of pyridine rings is 2. The molecule has 0 amide bonds. The van der Waals surface area contributed by atoms with E-state index in [1.165, 1.54) is 5.56 Å². The molecule has 2 atom stereocenters. The van der Waals surface area contributed by atoms with Crippen LogP contribution in [-0.2, 0) is 11.3 Å². The molecule has 2 fully saturated rings. The van der Waals surface area contributed by atoms with Gasteiger partial charge in [0.25, 0.3) is 0 Å². The Morgan fingerprint density at radius 2 is 2.12 bits per heavy atom. The molecule has 5 heteroatoms. The molecule has 4 heterocycles. The van der Waals surface area contributed by atoms with Crippen molar-refractivity contribution in [3.05, 3.63) is 54.5 Å². The van der Waals surface area contributed by atoms with Crippen molar-refractivity contribution in [2.24, 2.45) is 5.41 Å². The summed E-state index contributed by atoms with van der Waals surface area (Å²) in [4.78, 5) is 11.1. The quantitative estimate of drug-likeness (QED) is 0.877. The maximum absolute atomic E-state index is 6.08. The van der Waals surface area contributed by atoms with Crippen molar-refractivity contribution >= 4 is 5.82 Å². The second-order valence-electron chi connectivity index (χ2n) is 7.22. The Balaban J connectivity index is 1.38. The van der Waals surface area contributed by atoms with Gasteiger partial charge in [0, 0.05) is 56.8 Å². The zero-order chi connectivity index (χ0) is 17.0. The summed E-state index contributed by atoms with van der Waals surface area (Å²) in [5.41, 5.74) is 1.61. The number of nitrogens with one attached hydrogen (secondary N) is 1. The average Bonchev–Trinajstić information content (AvgIpc) is 3.06. The molecule has 0 unspecified atom stereocenters. The minimum absolute atomic E-state index is 0.271. The summed E-state index contributed by atoms with van der Waals surface area (Å²) in [6, 6.07) is 10.2. The molecule has 2 aliphatic rings. The van der Waals surface area contributed by atoms with Crippen LogP contribution in [0.15, 0.2) is 48.9 Å². The van der Waals surface area contributed by atoms with Gasteiger partial charge in [0.15, 0.2) is 0 Å². The van der Waals surface area contributed by atoms with Crippen molar-refractivity contribution < 1.29 is 4.74 Å². The first-order chi connectivity index (χ1) is 12.3. The Morgan fingerprint density at radius 3 is 2.96 bits per heavy atom. The number of nitrogens with zero attached hydrogens (tertiary/aromatic N) is 3. The lowest BCUT2D eigenvalue weighted by molar-refractivity contribution is -0.0228. The third-order valence-electron chi connectivity index (χ3n) is 5.60. The van der Waals surface area contributed by atoms with Gasteiger partial charge in [0.05, 0.1) is 6.10 Å². The van der Waals surface area contributed by atoms with Crippen molar-refractivity contribution in [3.8, 4) is 0 Å². The van der Waals surface area contributed by atoms with E-state index in [-0.39, 0.29) is 5.41 Å². The van der Waals surface area contributed by atoms with Crippen LogP contribution in [0.3, 0.4) is 0 Å². The highest BCUT2D eigenvalue weighted by Gasteiger charge is 2.47. The molecule has 2 aromatic rings. The summed E-state index contributed by atoms with van der Waals surface area (Å²) in [6.45, 7) is 5.08. The van der Waals surface area contributed by atoms with Crippen LogP contribution in [0.2, 0.25) is 0 Å². The summed E-state index contributed by atoms with van der Waals surface area (Å²) < 4.78 is 6.08. The highest BCUT2D eigenvalue weighted by Crippen LogP contribution is 2.43. The van der Waals surface area contributed by atoms with E-state index in [9.17, 15) is 0 Å². The van der Waals surface area contributed by atoms with Crippen molar-refractivity contribution in [3.63, 3.8) is 0 Å². The molecule has 0 aliphatic carbocycles. The molecule has 4 rings (SSSR count). The fraction of sp³-hybridized carbons (Fsp3) is 0.500. The van der Waals surface area contributed by atoms with Gasteiger partial charge in [-0.25, -0.2) is 4.98 Å². The number of aromatic nitrogens is 2. The highest BCUT2D eigenvalue weighted by molar-refractivity contribution is 5.32. The standard InChI is InChI=1S/C20H26N4O/c1-2-9-22-19(3-1)23-12-7-20-8-14-25-18(20)6-13-24(16-20)15-17-4-10-21-11-5-17/h1-5,9-11,18H,6-8,12-16H2,(H,22,23)/t18-,20+/m0/s1. The zero-order valence-corrected chi connectivity index (χ0v) is 14.6. The van der Waals surface area contributed by atoms with Crippen LogP contribution < -0.4 is 5.32 Å². The smallest absolute Gasteiger partial charge is 0.125 e. The molecule has 0 aromatic carbocycles. The Kier molecular flexibility index (Phi) is 4.95. The van der Waals surface area contributed by atoms with Gasteiger partial charge in [-0.15, -0.1) is 0 Å². The van der Waals surface area contributed by atoms with Gasteiger partial charge in [0.2, 0.25) is 0 Å². The van der Waals surface area contributed by atoms with Crippen LogP contribution >= 0.6 is 0 Å². The van der Waals surface area contributed by atoms with Gasteiger partial charge in [-0.1, -0.05) is 6.07 Å². The zero-order valence-electron chi connectivity index (χ0n) is 14.6. The van der Waals surface area contributed by atoms with Gasteiger partial charge >= 0.3 is 0 Å². The first-order valence-corrected chi connectivity index (χ1v) is 9.22. The Bertz CT molecular complexity index is 666. The lowest BCUT2D eigenvalue weighted by Crippen LogP contribution is -2.49. The van der Waals surface area contributed by atoms with E-state index in [0.717, 1.165) is 57.9 Å². The van der Waals surface area contributed by atoms with Crippen LogP contribution in [-0.4, -0.2) is 47.2 Å². The number of hydrogen-bond donors (Lipinski definition) is 1. The van der Waals surface area contributed by atoms with Crippen molar-refractivity contribution in [2.45, 2.75) is 31.9 Å². The maximum atomic E-state index is 6.08. The van der Waals surface area contributed by atoms with E-state index in [1.807, 2.05) is 36.8 Å². The topological polar surface area (TPSA) is 50.3 Å². The van der Waals surface area contributed by atoms with Crippen molar-refractivity contribution in [2.75, 3.05) is 31.6 Å². The molecular weight excluding hydrogens is 312 g/mol. The number of hydrogen-bond acceptors (Lipinski definition) is 5. The minimum atomic E-state index is 0.271. The van der Waals surface area contributed by atoms with Crippen molar-refractivity contribution in [1.82, 2.24) is 14.9 Å². The summed E-state index contributed by atoms with van der Waals surface area (Å²) in [5.74, 6) is 0.957. The van der Waals surface area contributed by atoms with Crippen LogP contribution in [0.4, 0.5) is 5.82 Å². The SMILES string of the molecule is c1ccc(NCC[C@]23CCO[C@H]2CCN(Cc2ccncc2)C3)nc1. The number of anilines is 1. The monoisotopic (exact) mass is 338 g/mol. The largest absolute Gasteiger partial charge is 0.378 e. The molecule has 5 nitrogen and oxygen atoms in total. The lowest BCUT2D eigenvalue weighted by atomic mass is 9.74. The molecule has 1 N–H and O–H groups in total. The molecule has 25 heavy (non-hydrogen) atoms. The average molecular weight is 338 g/mol. The summed E-state index contributed by atoms with van der Waals surface area (Å²) >= 11 is 0. The van der Waals surface area contributed by atoms with E-state index in [0.29, 0.717) is 6.10 Å². The number of rotatable bonds is 6. The van der Waals surface area contributed by atoms with Crippen LogP contribution in [0.5, 0.6) is 0 Å². The molecule has 132 valence electrons. The van der Waals surface area contributed by atoms with Gasteiger partial charge in [-0.3, -0.25) is 9.88 Å². The maximum Gasteiger partial charge on any atom is 0.125 e. The Labute approximate surface area is 149 Å². The molecule has 2 aromatic heterocycles. The summed E-state index contributed by atoms with van der Waals surface area (Å²) in [5, 5.41) is 3.47. The van der Waals surface area contributed by atoms with Crippen molar-refractivity contribution in [1.29, 1.82) is 0 Å². The number of likely N-dealkylation sites (tertiary alicyclic amines) is 1. The Hall–Kier alpha value is -1.98. The van der Waals surface area contributed by atoms with E-state index in [4.69, 9.17) is 4.74 Å². The van der Waals surface area contributed by atoms with Gasteiger partial charge < -0.3 is 10.1 Å². The van der Waals surface area contributed by atoms with Crippen LogP contribution in [0.25, 0.3) is 0 Å². The Morgan fingerprint density at radius 1 is 1.20 bits per heavy atom. The van der Waals surface area contributed by atoms with Crippen LogP contribution in [0.1, 0.15) is 24.8 Å². The minimum Gasteiger partial charge on any atom is -0.378 e. The molecule has 2 aliphatic heterocycles. The normalized spacial score (nSPS) is 26.3. The predicted molar refractivity (Wildman–Crippen MR) is 98.3 cm³/mol. The summed E-state index contributed by atoms with van der Waals surface area (Å²) in [6.07, 6.45) is 9.43. The van der Waals surface area contributed by atoms with E-state index < -0.39 is 0 Å². The molecule has 0 saturated carbocycles. The number of piperidine rings is 1. The molecule has 0 radical (unpaired) electrons. The third-order valence-corrected chi connectivity index (χ3v) is 5.60.